The third-order valence-electron chi connectivity index (χ3n) is 0.243. The van der Waals surface area contributed by atoms with Crippen molar-refractivity contribution in [2.24, 2.45) is 0 Å². The summed E-state index contributed by atoms with van der Waals surface area (Å²) in [5.74, 6) is 0.741. The van der Waals surface area contributed by atoms with Crippen molar-refractivity contribution in [2.45, 2.75) is 12.6 Å². The Labute approximate surface area is 40.1 Å². The maximum atomic E-state index is 5.32. The Hall–Kier alpha value is 0.720. The molecule has 0 aliphatic carbocycles. The maximum Gasteiger partial charge on any atom is 0.0283 e. The van der Waals surface area contributed by atoms with Crippen molar-refractivity contribution in [2.75, 3.05) is 5.88 Å². The lowest BCUT2D eigenvalue weighted by atomic mass is 10.6. The number of hydrogen-bond acceptors (Lipinski definition) is 0. The van der Waals surface area contributed by atoms with Gasteiger partial charge in [0.1, 0.15) is 0 Å². The first-order valence-corrected chi connectivity index (χ1v) is 2.79. The monoisotopic (exact) mass is 110 g/mol. The normalized spacial score (nSPS) is 15.0. The summed E-state index contributed by atoms with van der Waals surface area (Å²) in [5, 5.41) is 0. The first kappa shape index (κ1) is 5.72. The minimum absolute atomic E-state index is 0.566. The van der Waals surface area contributed by atoms with Gasteiger partial charge in [-0.15, -0.1) is 20.8 Å². The van der Waals surface area contributed by atoms with Crippen LogP contribution in [0.1, 0.15) is 6.92 Å². The number of halogens is 1. The van der Waals surface area contributed by atoms with E-state index in [-0.39, 0.29) is 0 Å². The summed E-state index contributed by atoms with van der Waals surface area (Å²) in [7, 11) is 2.60. The Morgan fingerprint density at radius 3 is 2.20 bits per heavy atom. The highest BCUT2D eigenvalue weighted by Gasteiger charge is 1.82. The van der Waals surface area contributed by atoms with Crippen LogP contribution in [-0.2, 0) is 0 Å². The minimum atomic E-state index is 0.566. The molecule has 2 atom stereocenters. The molecular formula is C3H8ClP. The van der Waals surface area contributed by atoms with E-state index in [0.717, 1.165) is 5.88 Å². The summed E-state index contributed by atoms with van der Waals surface area (Å²) in [4.78, 5) is 0. The molecule has 0 radical (unpaired) electrons. The Balaban J connectivity index is 2.54. The molecule has 0 spiro atoms. The van der Waals surface area contributed by atoms with Gasteiger partial charge in [0, 0.05) is 5.88 Å². The number of rotatable bonds is 1. The van der Waals surface area contributed by atoms with Gasteiger partial charge in [-0.3, -0.25) is 0 Å². The van der Waals surface area contributed by atoms with Crippen LogP contribution in [0, 0.1) is 0 Å². The van der Waals surface area contributed by atoms with Crippen LogP contribution in [0.25, 0.3) is 0 Å². The average molecular weight is 111 g/mol. The fourth-order valence-corrected chi connectivity index (χ4v) is 0. The van der Waals surface area contributed by atoms with E-state index in [1.165, 1.54) is 0 Å². The van der Waals surface area contributed by atoms with E-state index in [9.17, 15) is 0 Å². The fraction of sp³-hybridized carbons (Fsp3) is 1.00. The van der Waals surface area contributed by atoms with Crippen molar-refractivity contribution in [3.63, 3.8) is 0 Å². The van der Waals surface area contributed by atoms with E-state index in [2.05, 4.69) is 16.2 Å². The van der Waals surface area contributed by atoms with E-state index in [0.29, 0.717) is 5.66 Å². The lowest BCUT2D eigenvalue weighted by Crippen LogP contribution is -1.86. The van der Waals surface area contributed by atoms with E-state index in [4.69, 9.17) is 11.6 Å². The predicted molar refractivity (Wildman–Crippen MR) is 29.9 cm³/mol. The number of alkyl halides is 1. The molecule has 0 saturated carbocycles. The Bertz CT molecular complexity index is 20.9. The zero-order valence-corrected chi connectivity index (χ0v) is 5.15. The van der Waals surface area contributed by atoms with Crippen LogP contribution in [0.2, 0.25) is 0 Å². The third kappa shape index (κ3) is 4.72. The smallest absolute Gasteiger partial charge is 0.0283 e. The van der Waals surface area contributed by atoms with Crippen molar-refractivity contribution in [1.82, 2.24) is 0 Å². The van der Waals surface area contributed by atoms with Crippen molar-refractivity contribution in [3.8, 4) is 0 Å². The third-order valence-corrected chi connectivity index (χ3v) is 1.26. The van der Waals surface area contributed by atoms with E-state index < -0.39 is 0 Å². The van der Waals surface area contributed by atoms with Crippen LogP contribution in [-0.4, -0.2) is 11.5 Å². The van der Waals surface area contributed by atoms with Gasteiger partial charge in [0.05, 0.1) is 0 Å². The van der Waals surface area contributed by atoms with Gasteiger partial charge in [0.25, 0.3) is 0 Å². The maximum absolute atomic E-state index is 5.32. The Morgan fingerprint density at radius 1 is 2.00 bits per heavy atom. The quantitative estimate of drug-likeness (QED) is 0.354. The molecule has 32 valence electrons. The van der Waals surface area contributed by atoms with Crippen molar-refractivity contribution in [1.29, 1.82) is 0 Å². The van der Waals surface area contributed by atoms with Gasteiger partial charge in [-0.1, -0.05) is 6.92 Å². The number of hydrogen-bond donors (Lipinski definition) is 0. The molecule has 0 heterocycles. The van der Waals surface area contributed by atoms with Crippen LogP contribution in [0.3, 0.4) is 0 Å². The van der Waals surface area contributed by atoms with Gasteiger partial charge >= 0.3 is 0 Å². The summed E-state index contributed by atoms with van der Waals surface area (Å²) in [6, 6.07) is 0. The van der Waals surface area contributed by atoms with Crippen LogP contribution >= 0.6 is 20.8 Å². The molecule has 0 saturated heterocycles. The molecule has 2 heteroatoms. The lowest BCUT2D eigenvalue weighted by Gasteiger charge is -1.88. The summed E-state index contributed by atoms with van der Waals surface area (Å²) in [5.41, 5.74) is 0.566. The van der Waals surface area contributed by atoms with Crippen LogP contribution in [0.15, 0.2) is 0 Å². The van der Waals surface area contributed by atoms with Crippen LogP contribution in [0.4, 0.5) is 0 Å². The molecule has 0 aliphatic rings. The highest BCUT2D eigenvalue weighted by molar-refractivity contribution is 7.17. The molecular weight excluding hydrogens is 102 g/mol. The minimum Gasteiger partial charge on any atom is -0.133 e. The van der Waals surface area contributed by atoms with Gasteiger partial charge in [0.2, 0.25) is 0 Å². The van der Waals surface area contributed by atoms with Gasteiger partial charge in [-0.2, -0.15) is 0 Å². The molecule has 2 unspecified atom stereocenters. The molecule has 0 N–H and O–H groups in total. The first-order chi connectivity index (χ1) is 2.27. The van der Waals surface area contributed by atoms with Gasteiger partial charge in [-0.25, -0.2) is 0 Å². The zero-order valence-electron chi connectivity index (χ0n) is 3.24. The fourth-order valence-electron chi connectivity index (χ4n) is 0. The van der Waals surface area contributed by atoms with Crippen LogP contribution in [0.5, 0.6) is 0 Å². The zero-order chi connectivity index (χ0) is 4.28. The highest BCUT2D eigenvalue weighted by atomic mass is 35.5. The second kappa shape index (κ2) is 2.93. The van der Waals surface area contributed by atoms with Gasteiger partial charge in [0.15, 0.2) is 0 Å². The molecule has 5 heavy (non-hydrogen) atoms. The molecule has 0 aromatic rings. The molecule has 0 aliphatic heterocycles. The van der Waals surface area contributed by atoms with E-state index >= 15 is 0 Å². The van der Waals surface area contributed by atoms with Crippen molar-refractivity contribution in [3.05, 3.63) is 0 Å². The second-order valence-corrected chi connectivity index (χ2v) is 2.58. The summed E-state index contributed by atoms with van der Waals surface area (Å²) in [6.07, 6.45) is 0. The molecule has 0 nitrogen and oxygen atoms in total. The lowest BCUT2D eigenvalue weighted by molar-refractivity contribution is 1.13. The first-order valence-electron chi connectivity index (χ1n) is 1.59. The molecule has 0 rings (SSSR count). The molecule has 0 amide bonds. The van der Waals surface area contributed by atoms with Crippen molar-refractivity contribution < 1.29 is 0 Å². The predicted octanol–water partition coefficient (Wildman–Crippen LogP) is 1.49. The van der Waals surface area contributed by atoms with Crippen molar-refractivity contribution >= 4 is 20.8 Å². The van der Waals surface area contributed by atoms with E-state index in [1.54, 1.807) is 0 Å². The van der Waals surface area contributed by atoms with Gasteiger partial charge in [-0.05, 0) is 5.66 Å². The van der Waals surface area contributed by atoms with Crippen LogP contribution < -0.4 is 0 Å². The summed E-state index contributed by atoms with van der Waals surface area (Å²) >= 11 is 5.32. The Morgan fingerprint density at radius 2 is 2.20 bits per heavy atom. The highest BCUT2D eigenvalue weighted by Crippen LogP contribution is 1.97. The molecule has 0 fully saturated rings. The molecule has 0 bridgehead atoms. The second-order valence-electron chi connectivity index (χ2n) is 1.13. The summed E-state index contributed by atoms with van der Waals surface area (Å²) < 4.78 is 0. The standard InChI is InChI=1S/C3H8ClP/c1-3(5)2-4/h3H,2,5H2,1H3. The average Bonchev–Trinajstić information content (AvgIpc) is 1.38. The van der Waals surface area contributed by atoms with E-state index in [1.807, 2.05) is 0 Å². The molecule has 0 aromatic heterocycles. The topological polar surface area (TPSA) is 0 Å². The largest absolute Gasteiger partial charge is 0.133 e. The van der Waals surface area contributed by atoms with Gasteiger partial charge < -0.3 is 0 Å². The molecule has 0 aromatic carbocycles. The Kier molecular flexibility index (Phi) is 3.35. The SMILES string of the molecule is CC(P)CCl. The summed E-state index contributed by atoms with van der Waals surface area (Å²) in [6.45, 7) is 2.05.